The van der Waals surface area contributed by atoms with Crippen LogP contribution in [0.15, 0.2) is 58.5 Å². The van der Waals surface area contributed by atoms with Crippen LogP contribution in [0.4, 0.5) is 0 Å². The van der Waals surface area contributed by atoms with Gasteiger partial charge in [-0.3, -0.25) is 4.79 Å². The third-order valence-corrected chi connectivity index (χ3v) is 3.59. The Labute approximate surface area is 125 Å². The molecule has 0 aliphatic carbocycles. The van der Waals surface area contributed by atoms with Crippen LogP contribution in [-0.2, 0) is 0 Å². The molecule has 0 amide bonds. The second-order valence-electron chi connectivity index (χ2n) is 4.52. The lowest BCUT2D eigenvalue weighted by molar-refractivity contribution is 0.322. The molecule has 0 fully saturated rings. The molecule has 2 aromatic carbocycles. The molecule has 0 saturated heterocycles. The van der Waals surface area contributed by atoms with Gasteiger partial charge in [0.2, 0.25) is 0 Å². The van der Waals surface area contributed by atoms with Gasteiger partial charge in [0.1, 0.15) is 0 Å². The van der Waals surface area contributed by atoms with Crippen molar-refractivity contribution in [1.29, 1.82) is 0 Å². The van der Waals surface area contributed by atoms with E-state index in [1.807, 2.05) is 30.3 Å². The lowest BCUT2D eigenvalue weighted by Crippen LogP contribution is -2.12. The molecule has 0 aliphatic heterocycles. The summed E-state index contributed by atoms with van der Waals surface area (Å²) < 4.78 is 0. The Bertz CT molecular complexity index is 886. The van der Waals surface area contributed by atoms with Gasteiger partial charge >= 0.3 is 0 Å². The van der Waals surface area contributed by atoms with E-state index in [1.165, 1.54) is 0 Å². The Balaban J connectivity index is 2.45. The minimum absolute atomic E-state index is 0.233. The molecule has 1 heterocycles. The van der Waals surface area contributed by atoms with Gasteiger partial charge in [-0.05, 0) is 17.7 Å². The molecular formula is C16H11ClN2O2. The van der Waals surface area contributed by atoms with Gasteiger partial charge < -0.3 is 10.2 Å². The molecule has 0 atom stereocenters. The molecule has 1 aromatic heterocycles. The van der Waals surface area contributed by atoms with Crippen molar-refractivity contribution in [3.05, 3.63) is 69.3 Å². The standard InChI is InChI=1S/C16H11ClN2O2/c17-13-8-4-7-11-15(13)19-14(10-5-2-1-3-6-10)12(9-18-21)16(11)20/h1-9,21H,(H,19,20). The lowest BCUT2D eigenvalue weighted by atomic mass is 10.0. The predicted octanol–water partition coefficient (Wildman–Crippen LogP) is 3.66. The zero-order valence-electron chi connectivity index (χ0n) is 10.9. The minimum Gasteiger partial charge on any atom is -0.411 e. The van der Waals surface area contributed by atoms with Crippen LogP contribution in [0.2, 0.25) is 5.02 Å². The number of oxime groups is 1. The molecule has 0 aliphatic rings. The monoisotopic (exact) mass is 298 g/mol. The van der Waals surface area contributed by atoms with Gasteiger partial charge in [0.05, 0.1) is 28.0 Å². The van der Waals surface area contributed by atoms with Crippen molar-refractivity contribution in [2.45, 2.75) is 0 Å². The highest BCUT2D eigenvalue weighted by Crippen LogP contribution is 2.25. The maximum atomic E-state index is 12.6. The van der Waals surface area contributed by atoms with Crippen molar-refractivity contribution in [3.8, 4) is 11.3 Å². The molecular weight excluding hydrogens is 288 g/mol. The summed E-state index contributed by atoms with van der Waals surface area (Å²) >= 11 is 6.16. The SMILES string of the molecule is O=c1c(C=NO)c(-c2ccccc2)[nH]c2c(Cl)cccc12. The summed E-state index contributed by atoms with van der Waals surface area (Å²) in [5, 5.41) is 12.8. The van der Waals surface area contributed by atoms with Crippen molar-refractivity contribution in [2.75, 3.05) is 0 Å². The van der Waals surface area contributed by atoms with Crippen molar-refractivity contribution in [3.63, 3.8) is 0 Å². The van der Waals surface area contributed by atoms with Crippen LogP contribution in [-0.4, -0.2) is 16.4 Å². The van der Waals surface area contributed by atoms with Gasteiger partial charge in [0.25, 0.3) is 0 Å². The first kappa shape index (κ1) is 13.4. The Morgan fingerprint density at radius 3 is 2.57 bits per heavy atom. The van der Waals surface area contributed by atoms with E-state index in [0.29, 0.717) is 27.2 Å². The quantitative estimate of drug-likeness (QED) is 0.431. The van der Waals surface area contributed by atoms with Crippen LogP contribution in [0, 0.1) is 0 Å². The number of rotatable bonds is 2. The van der Waals surface area contributed by atoms with Crippen molar-refractivity contribution in [2.24, 2.45) is 5.16 Å². The Morgan fingerprint density at radius 1 is 1.10 bits per heavy atom. The second-order valence-corrected chi connectivity index (χ2v) is 4.92. The summed E-state index contributed by atoms with van der Waals surface area (Å²) in [6.07, 6.45) is 1.14. The number of halogens is 1. The fourth-order valence-corrected chi connectivity index (χ4v) is 2.53. The minimum atomic E-state index is -0.233. The Hall–Kier alpha value is -2.59. The molecule has 2 N–H and O–H groups in total. The molecule has 4 nitrogen and oxygen atoms in total. The molecule has 104 valence electrons. The Morgan fingerprint density at radius 2 is 1.86 bits per heavy atom. The fraction of sp³-hybridized carbons (Fsp3) is 0. The van der Waals surface area contributed by atoms with Gasteiger partial charge in [-0.2, -0.15) is 0 Å². The van der Waals surface area contributed by atoms with Crippen molar-refractivity contribution in [1.82, 2.24) is 4.98 Å². The normalized spacial score (nSPS) is 11.3. The summed E-state index contributed by atoms with van der Waals surface area (Å²) in [6, 6.07) is 14.5. The van der Waals surface area contributed by atoms with Crippen LogP contribution in [0.1, 0.15) is 5.56 Å². The molecule has 5 heteroatoms. The van der Waals surface area contributed by atoms with E-state index >= 15 is 0 Å². The topological polar surface area (TPSA) is 65.4 Å². The average molecular weight is 299 g/mol. The van der Waals surface area contributed by atoms with E-state index in [9.17, 15) is 4.79 Å². The first-order valence-corrected chi connectivity index (χ1v) is 6.67. The highest BCUT2D eigenvalue weighted by atomic mass is 35.5. The van der Waals surface area contributed by atoms with E-state index in [-0.39, 0.29) is 5.43 Å². The number of hydrogen-bond acceptors (Lipinski definition) is 3. The predicted molar refractivity (Wildman–Crippen MR) is 84.4 cm³/mol. The number of para-hydroxylation sites is 1. The van der Waals surface area contributed by atoms with Crippen molar-refractivity contribution >= 4 is 28.7 Å². The summed E-state index contributed by atoms with van der Waals surface area (Å²) in [5.74, 6) is 0. The molecule has 0 saturated carbocycles. The Kier molecular flexibility index (Phi) is 3.46. The first-order chi connectivity index (χ1) is 10.2. The number of nitrogens with zero attached hydrogens (tertiary/aromatic N) is 1. The fourth-order valence-electron chi connectivity index (χ4n) is 2.30. The van der Waals surface area contributed by atoms with Gasteiger partial charge in [-0.1, -0.05) is 53.2 Å². The van der Waals surface area contributed by atoms with Gasteiger partial charge in [-0.15, -0.1) is 0 Å². The molecule has 0 spiro atoms. The second kappa shape index (κ2) is 5.42. The van der Waals surface area contributed by atoms with Crippen LogP contribution in [0.5, 0.6) is 0 Å². The summed E-state index contributed by atoms with van der Waals surface area (Å²) in [5.41, 5.74) is 2.00. The maximum Gasteiger partial charge on any atom is 0.198 e. The van der Waals surface area contributed by atoms with E-state index in [2.05, 4.69) is 10.1 Å². The number of H-pyrrole nitrogens is 1. The molecule has 0 unspecified atom stereocenters. The molecule has 21 heavy (non-hydrogen) atoms. The summed E-state index contributed by atoms with van der Waals surface area (Å²) in [7, 11) is 0. The van der Waals surface area contributed by atoms with Crippen LogP contribution < -0.4 is 5.43 Å². The zero-order valence-corrected chi connectivity index (χ0v) is 11.6. The largest absolute Gasteiger partial charge is 0.411 e. The maximum absolute atomic E-state index is 12.6. The molecule has 3 aromatic rings. The average Bonchev–Trinajstić information content (AvgIpc) is 2.51. The number of benzene rings is 2. The number of hydrogen-bond donors (Lipinski definition) is 2. The summed E-state index contributed by atoms with van der Waals surface area (Å²) in [4.78, 5) is 15.8. The van der Waals surface area contributed by atoms with Crippen LogP contribution in [0.3, 0.4) is 0 Å². The molecule has 3 rings (SSSR count). The van der Waals surface area contributed by atoms with Crippen molar-refractivity contribution < 1.29 is 5.21 Å². The van der Waals surface area contributed by atoms with Crippen LogP contribution in [0.25, 0.3) is 22.2 Å². The first-order valence-electron chi connectivity index (χ1n) is 6.29. The molecule has 0 radical (unpaired) electrons. The molecule has 0 bridgehead atoms. The highest BCUT2D eigenvalue weighted by molar-refractivity contribution is 6.35. The van der Waals surface area contributed by atoms with E-state index in [1.54, 1.807) is 18.2 Å². The number of pyridine rings is 1. The van der Waals surface area contributed by atoms with Crippen LogP contribution >= 0.6 is 11.6 Å². The third-order valence-electron chi connectivity index (χ3n) is 3.27. The number of fused-ring (bicyclic) bond motifs is 1. The third kappa shape index (κ3) is 2.30. The van der Waals surface area contributed by atoms with Gasteiger partial charge in [0.15, 0.2) is 5.43 Å². The van der Waals surface area contributed by atoms with E-state index in [4.69, 9.17) is 16.8 Å². The lowest BCUT2D eigenvalue weighted by Gasteiger charge is -2.09. The number of aromatic nitrogens is 1. The summed E-state index contributed by atoms with van der Waals surface area (Å²) in [6.45, 7) is 0. The number of aromatic amines is 1. The van der Waals surface area contributed by atoms with E-state index in [0.717, 1.165) is 11.8 Å². The number of nitrogens with one attached hydrogen (secondary N) is 1. The van der Waals surface area contributed by atoms with Gasteiger partial charge in [-0.25, -0.2) is 0 Å². The van der Waals surface area contributed by atoms with Gasteiger partial charge in [0, 0.05) is 5.39 Å². The smallest absolute Gasteiger partial charge is 0.198 e. The highest BCUT2D eigenvalue weighted by Gasteiger charge is 2.13. The van der Waals surface area contributed by atoms with E-state index < -0.39 is 0 Å². The zero-order chi connectivity index (χ0) is 14.8.